The summed E-state index contributed by atoms with van der Waals surface area (Å²) in [4.78, 5) is 7.48. The SMILES string of the molecule is N#CC1(O)OO1. The second-order valence-electron chi connectivity index (χ2n) is 0.860. The standard InChI is InChI=1S/C2HNO3/c3-1-2(4)5-6-2/h4H. The van der Waals surface area contributed by atoms with Crippen LogP contribution in [0.4, 0.5) is 0 Å². The molecule has 1 N–H and O–H groups in total. The molecular weight excluding hydrogens is 86.0 g/mol. The maximum Gasteiger partial charge on any atom is 0.429 e. The minimum Gasteiger partial charge on any atom is -0.328 e. The molecule has 1 aliphatic heterocycles. The highest BCUT2D eigenvalue weighted by atomic mass is 17.4. The molecule has 6 heavy (non-hydrogen) atoms. The maximum absolute atomic E-state index is 8.13. The fourth-order valence-corrected chi connectivity index (χ4v) is 0.0767. The van der Waals surface area contributed by atoms with E-state index in [1.807, 2.05) is 0 Å². The van der Waals surface area contributed by atoms with Crippen LogP contribution < -0.4 is 0 Å². The largest absolute Gasteiger partial charge is 0.429 e. The van der Waals surface area contributed by atoms with Crippen LogP contribution in [0.25, 0.3) is 0 Å². The molecule has 0 atom stereocenters. The third-order valence-corrected chi connectivity index (χ3v) is 0.382. The van der Waals surface area contributed by atoms with E-state index in [1.165, 1.54) is 6.07 Å². The summed E-state index contributed by atoms with van der Waals surface area (Å²) in [6.07, 6.45) is 0. The number of aliphatic hydroxyl groups is 1. The van der Waals surface area contributed by atoms with E-state index >= 15 is 0 Å². The molecule has 0 unspecified atom stereocenters. The van der Waals surface area contributed by atoms with Gasteiger partial charge in [0.2, 0.25) is 0 Å². The lowest BCUT2D eigenvalue weighted by Crippen LogP contribution is -2.01. The Morgan fingerprint density at radius 1 is 1.67 bits per heavy atom. The summed E-state index contributed by atoms with van der Waals surface area (Å²) in [5.41, 5.74) is 0. The van der Waals surface area contributed by atoms with Crippen LogP contribution in [0.2, 0.25) is 0 Å². The third-order valence-electron chi connectivity index (χ3n) is 0.382. The molecule has 1 aliphatic rings. The zero-order chi connectivity index (χ0) is 4.62. The summed E-state index contributed by atoms with van der Waals surface area (Å²) in [6, 6.07) is 1.33. The lowest BCUT2D eigenvalue weighted by atomic mass is 10.7. The van der Waals surface area contributed by atoms with E-state index in [0.717, 1.165) is 0 Å². The molecule has 0 radical (unpaired) electrons. The molecule has 1 fully saturated rings. The molecule has 0 amide bonds. The van der Waals surface area contributed by atoms with E-state index in [1.54, 1.807) is 0 Å². The Balaban J connectivity index is 2.54. The smallest absolute Gasteiger partial charge is 0.328 e. The molecule has 1 saturated heterocycles. The summed E-state index contributed by atoms with van der Waals surface area (Å²) >= 11 is 0. The van der Waals surface area contributed by atoms with Crippen LogP contribution in [-0.2, 0) is 9.78 Å². The quantitative estimate of drug-likeness (QED) is 0.236. The first-order valence-electron chi connectivity index (χ1n) is 1.27. The molecule has 4 heteroatoms. The van der Waals surface area contributed by atoms with Crippen LogP contribution in [0.5, 0.6) is 0 Å². The van der Waals surface area contributed by atoms with Crippen molar-refractivity contribution in [3.8, 4) is 6.07 Å². The van der Waals surface area contributed by atoms with E-state index in [9.17, 15) is 0 Å². The van der Waals surface area contributed by atoms with Crippen molar-refractivity contribution in [3.05, 3.63) is 0 Å². The summed E-state index contributed by atoms with van der Waals surface area (Å²) in [6.45, 7) is 0. The van der Waals surface area contributed by atoms with E-state index in [4.69, 9.17) is 10.4 Å². The van der Waals surface area contributed by atoms with Crippen molar-refractivity contribution in [2.24, 2.45) is 0 Å². The van der Waals surface area contributed by atoms with E-state index in [-0.39, 0.29) is 0 Å². The van der Waals surface area contributed by atoms with Crippen molar-refractivity contribution < 1.29 is 14.9 Å². The van der Waals surface area contributed by atoms with Gasteiger partial charge in [-0.2, -0.15) is 5.26 Å². The van der Waals surface area contributed by atoms with Gasteiger partial charge < -0.3 is 5.11 Å². The second kappa shape index (κ2) is 0.708. The fourth-order valence-electron chi connectivity index (χ4n) is 0.0767. The molecule has 0 saturated carbocycles. The average molecular weight is 87.0 g/mol. The lowest BCUT2D eigenvalue weighted by Gasteiger charge is -1.69. The minimum absolute atomic E-state index is 1.33. The first-order chi connectivity index (χ1) is 2.77. The van der Waals surface area contributed by atoms with Gasteiger partial charge in [-0.1, -0.05) is 0 Å². The summed E-state index contributed by atoms with van der Waals surface area (Å²) in [7, 11) is 0. The summed E-state index contributed by atoms with van der Waals surface area (Å²) in [5, 5.41) is 15.8. The van der Waals surface area contributed by atoms with Crippen molar-refractivity contribution in [1.82, 2.24) is 0 Å². The molecule has 0 aliphatic carbocycles. The van der Waals surface area contributed by atoms with E-state index in [2.05, 4.69) is 9.78 Å². The number of hydrogen-bond acceptors (Lipinski definition) is 4. The average Bonchev–Trinajstić information content (AvgIpc) is 2.22. The number of nitriles is 1. The van der Waals surface area contributed by atoms with Crippen molar-refractivity contribution in [2.75, 3.05) is 0 Å². The van der Waals surface area contributed by atoms with Crippen molar-refractivity contribution >= 4 is 0 Å². The number of nitrogens with zero attached hydrogens (tertiary/aromatic N) is 1. The Kier molecular flexibility index (Phi) is 0.420. The Hall–Kier alpha value is -0.630. The summed E-state index contributed by atoms with van der Waals surface area (Å²) in [5.74, 6) is -1.90. The monoisotopic (exact) mass is 87.0 g/mol. The van der Waals surface area contributed by atoms with Gasteiger partial charge in [-0.3, -0.25) is 0 Å². The van der Waals surface area contributed by atoms with Gasteiger partial charge in [-0.05, 0) is 0 Å². The molecule has 1 heterocycles. The molecule has 0 aromatic rings. The highest BCUT2D eigenvalue weighted by molar-refractivity contribution is 4.86. The van der Waals surface area contributed by atoms with Crippen LogP contribution in [0.15, 0.2) is 0 Å². The van der Waals surface area contributed by atoms with Gasteiger partial charge >= 0.3 is 5.97 Å². The molecular formula is C2HNO3. The first kappa shape index (κ1) is 3.56. The zero-order valence-electron chi connectivity index (χ0n) is 2.71. The van der Waals surface area contributed by atoms with Gasteiger partial charge in [-0.15, -0.1) is 9.78 Å². The highest BCUT2D eigenvalue weighted by Gasteiger charge is 2.48. The zero-order valence-corrected chi connectivity index (χ0v) is 2.71. The Labute approximate surface area is 33.4 Å². The van der Waals surface area contributed by atoms with Gasteiger partial charge in [0.1, 0.15) is 0 Å². The molecule has 0 spiro atoms. The predicted octanol–water partition coefficient (Wildman–Crippen LogP) is -0.882. The fraction of sp³-hybridized carbons (Fsp3) is 0.500. The van der Waals surface area contributed by atoms with Gasteiger partial charge in [0.25, 0.3) is 0 Å². The normalized spacial score (nSPS) is 25.3. The molecule has 0 bridgehead atoms. The van der Waals surface area contributed by atoms with Gasteiger partial charge in [-0.25, -0.2) is 0 Å². The minimum atomic E-state index is -1.90. The molecule has 0 aromatic carbocycles. The predicted molar refractivity (Wildman–Crippen MR) is 12.7 cm³/mol. The van der Waals surface area contributed by atoms with Crippen LogP contribution >= 0.6 is 0 Å². The van der Waals surface area contributed by atoms with Crippen LogP contribution in [0.3, 0.4) is 0 Å². The maximum atomic E-state index is 8.13. The summed E-state index contributed by atoms with van der Waals surface area (Å²) < 4.78 is 0. The molecule has 0 aromatic heterocycles. The Bertz CT molecular complexity index is 99.9. The van der Waals surface area contributed by atoms with Crippen molar-refractivity contribution in [1.29, 1.82) is 5.26 Å². The molecule has 1 rings (SSSR count). The lowest BCUT2D eigenvalue weighted by molar-refractivity contribution is 0.0850. The second-order valence-corrected chi connectivity index (χ2v) is 0.860. The molecule has 32 valence electrons. The van der Waals surface area contributed by atoms with Crippen molar-refractivity contribution in [2.45, 2.75) is 5.97 Å². The third kappa shape index (κ3) is 0.348. The van der Waals surface area contributed by atoms with Crippen LogP contribution in [-0.4, -0.2) is 11.1 Å². The van der Waals surface area contributed by atoms with Crippen LogP contribution in [0.1, 0.15) is 0 Å². The van der Waals surface area contributed by atoms with Crippen LogP contribution in [0, 0.1) is 11.3 Å². The van der Waals surface area contributed by atoms with Gasteiger partial charge in [0.15, 0.2) is 6.07 Å². The van der Waals surface area contributed by atoms with E-state index < -0.39 is 5.97 Å². The number of rotatable bonds is 0. The van der Waals surface area contributed by atoms with Gasteiger partial charge in [0, 0.05) is 0 Å². The molecule has 4 nitrogen and oxygen atoms in total. The van der Waals surface area contributed by atoms with Crippen molar-refractivity contribution in [3.63, 3.8) is 0 Å². The highest BCUT2D eigenvalue weighted by Crippen LogP contribution is 2.23. The van der Waals surface area contributed by atoms with E-state index in [0.29, 0.717) is 0 Å². The number of hydrogen-bond donors (Lipinski definition) is 1. The Morgan fingerprint density at radius 3 is 2.17 bits per heavy atom. The first-order valence-corrected chi connectivity index (χ1v) is 1.27. The van der Waals surface area contributed by atoms with Gasteiger partial charge in [0.05, 0.1) is 0 Å². The Morgan fingerprint density at radius 2 is 2.17 bits per heavy atom. The topological polar surface area (TPSA) is 69.1 Å².